The summed E-state index contributed by atoms with van der Waals surface area (Å²) in [6, 6.07) is 4.40. The Morgan fingerprint density at radius 1 is 1.31 bits per heavy atom. The Labute approximate surface area is 98.2 Å². The molecule has 0 amide bonds. The number of ether oxygens (including phenoxy) is 1. The molecule has 0 unspecified atom stereocenters. The largest absolute Gasteiger partial charge is 0.375 e. The highest BCUT2D eigenvalue weighted by Crippen LogP contribution is 2.10. The van der Waals surface area contributed by atoms with Gasteiger partial charge in [-0.1, -0.05) is 0 Å². The van der Waals surface area contributed by atoms with Crippen LogP contribution >= 0.6 is 0 Å². The molecule has 1 N–H and O–H groups in total. The first-order valence-electron chi connectivity index (χ1n) is 5.76. The molecule has 0 spiro atoms. The average Bonchev–Trinajstić information content (AvgIpc) is 2.24. The summed E-state index contributed by atoms with van der Waals surface area (Å²) in [5.74, 6) is 0. The van der Waals surface area contributed by atoms with E-state index in [9.17, 15) is 0 Å². The summed E-state index contributed by atoms with van der Waals surface area (Å²) in [6.45, 7) is 9.95. The van der Waals surface area contributed by atoms with E-state index in [2.05, 4.69) is 38.0 Å². The molecule has 0 radical (unpaired) electrons. The minimum absolute atomic E-state index is 0.0540. The molecule has 0 saturated carbocycles. The van der Waals surface area contributed by atoms with Gasteiger partial charge in [-0.15, -0.1) is 0 Å². The van der Waals surface area contributed by atoms with Gasteiger partial charge < -0.3 is 10.1 Å². The van der Waals surface area contributed by atoms with Crippen molar-refractivity contribution < 1.29 is 4.74 Å². The van der Waals surface area contributed by atoms with Gasteiger partial charge in [-0.2, -0.15) is 0 Å². The molecule has 0 aliphatic rings. The quantitative estimate of drug-likeness (QED) is 0.777. The fourth-order valence-electron chi connectivity index (χ4n) is 1.40. The minimum Gasteiger partial charge on any atom is -0.375 e. The Morgan fingerprint density at radius 2 is 1.94 bits per heavy atom. The predicted molar refractivity (Wildman–Crippen MR) is 66.4 cm³/mol. The van der Waals surface area contributed by atoms with E-state index in [4.69, 9.17) is 4.74 Å². The van der Waals surface area contributed by atoms with Gasteiger partial charge in [0.15, 0.2) is 0 Å². The van der Waals surface area contributed by atoms with Gasteiger partial charge in [-0.3, -0.25) is 4.98 Å². The van der Waals surface area contributed by atoms with Crippen LogP contribution in [0.2, 0.25) is 0 Å². The maximum absolute atomic E-state index is 5.64. The third-order valence-electron chi connectivity index (χ3n) is 2.29. The Hall–Kier alpha value is -0.930. The molecule has 90 valence electrons. The number of aromatic nitrogens is 1. The molecule has 1 atom stereocenters. The zero-order chi connectivity index (χ0) is 12.0. The highest BCUT2D eigenvalue weighted by atomic mass is 16.5. The number of hydrogen-bond acceptors (Lipinski definition) is 3. The van der Waals surface area contributed by atoms with Crippen molar-refractivity contribution in [1.29, 1.82) is 0 Å². The summed E-state index contributed by atoms with van der Waals surface area (Å²) < 4.78 is 5.64. The molecule has 1 aromatic rings. The Morgan fingerprint density at radius 3 is 2.50 bits per heavy atom. The molecule has 1 heterocycles. The summed E-state index contributed by atoms with van der Waals surface area (Å²) in [4.78, 5) is 4.00. The third-order valence-corrected chi connectivity index (χ3v) is 2.29. The fourth-order valence-corrected chi connectivity index (χ4v) is 1.40. The summed E-state index contributed by atoms with van der Waals surface area (Å²) in [5.41, 5.74) is 1.20. The van der Waals surface area contributed by atoms with Gasteiger partial charge in [-0.25, -0.2) is 0 Å². The smallest absolute Gasteiger partial charge is 0.0599 e. The van der Waals surface area contributed by atoms with E-state index in [1.807, 2.05) is 24.5 Å². The van der Waals surface area contributed by atoms with Gasteiger partial charge in [0.1, 0.15) is 0 Å². The van der Waals surface area contributed by atoms with Gasteiger partial charge in [0, 0.05) is 25.0 Å². The lowest BCUT2D eigenvalue weighted by molar-refractivity contribution is -0.00149. The summed E-state index contributed by atoms with van der Waals surface area (Å²) in [5, 5.41) is 3.42. The van der Waals surface area contributed by atoms with Crippen LogP contribution in [0.1, 0.15) is 39.3 Å². The van der Waals surface area contributed by atoms with E-state index >= 15 is 0 Å². The molecule has 16 heavy (non-hydrogen) atoms. The molecule has 0 aliphatic heterocycles. The van der Waals surface area contributed by atoms with E-state index in [0.29, 0.717) is 6.04 Å². The molecule has 1 aromatic heterocycles. The van der Waals surface area contributed by atoms with Gasteiger partial charge in [0.05, 0.1) is 12.2 Å². The van der Waals surface area contributed by atoms with E-state index in [-0.39, 0.29) is 5.60 Å². The van der Waals surface area contributed by atoms with Crippen LogP contribution in [0.5, 0.6) is 0 Å². The lowest BCUT2D eigenvalue weighted by Gasteiger charge is -2.21. The van der Waals surface area contributed by atoms with Crippen molar-refractivity contribution in [2.75, 3.05) is 13.2 Å². The maximum Gasteiger partial charge on any atom is 0.0599 e. The Bertz CT molecular complexity index is 293. The lowest BCUT2D eigenvalue weighted by atomic mass is 10.1. The van der Waals surface area contributed by atoms with Crippen molar-refractivity contribution >= 4 is 0 Å². The summed E-state index contributed by atoms with van der Waals surface area (Å²) in [7, 11) is 0. The summed E-state index contributed by atoms with van der Waals surface area (Å²) >= 11 is 0. The molecule has 3 nitrogen and oxygen atoms in total. The molecule has 1 rings (SSSR count). The fraction of sp³-hybridized carbons (Fsp3) is 0.615. The van der Waals surface area contributed by atoms with Crippen molar-refractivity contribution in [3.05, 3.63) is 30.1 Å². The lowest BCUT2D eigenvalue weighted by Crippen LogP contribution is -2.28. The minimum atomic E-state index is -0.0540. The van der Waals surface area contributed by atoms with Crippen molar-refractivity contribution in [1.82, 2.24) is 10.3 Å². The molecule has 0 fully saturated rings. The summed E-state index contributed by atoms with van der Waals surface area (Å²) in [6.07, 6.45) is 3.64. The zero-order valence-corrected chi connectivity index (χ0v) is 10.7. The highest BCUT2D eigenvalue weighted by Gasteiger charge is 2.09. The van der Waals surface area contributed by atoms with Gasteiger partial charge >= 0.3 is 0 Å². The first kappa shape index (κ1) is 13.1. The average molecular weight is 222 g/mol. The van der Waals surface area contributed by atoms with Gasteiger partial charge in [-0.05, 0) is 45.4 Å². The van der Waals surface area contributed by atoms with Crippen molar-refractivity contribution in [3.8, 4) is 0 Å². The standard InChI is InChI=1S/C13H22N2O/c1-11(12-5-7-14-8-6-12)15-9-10-16-13(2,3)4/h5-8,11,15H,9-10H2,1-4H3/t11-/m1/s1. The number of pyridine rings is 1. The normalized spacial score (nSPS) is 13.8. The molecular formula is C13H22N2O. The molecule has 0 bridgehead atoms. The number of nitrogens with zero attached hydrogens (tertiary/aromatic N) is 1. The Kier molecular flexibility index (Phi) is 4.90. The zero-order valence-electron chi connectivity index (χ0n) is 10.7. The second-order valence-electron chi connectivity index (χ2n) is 4.92. The van der Waals surface area contributed by atoms with Crippen LogP contribution in [0, 0.1) is 0 Å². The first-order chi connectivity index (χ1) is 7.49. The van der Waals surface area contributed by atoms with Gasteiger partial charge in [0.2, 0.25) is 0 Å². The van der Waals surface area contributed by atoms with Crippen molar-refractivity contribution in [3.63, 3.8) is 0 Å². The van der Waals surface area contributed by atoms with Crippen LogP contribution in [0.25, 0.3) is 0 Å². The molecule has 3 heteroatoms. The van der Waals surface area contributed by atoms with E-state index in [0.717, 1.165) is 13.2 Å². The van der Waals surface area contributed by atoms with Gasteiger partial charge in [0.25, 0.3) is 0 Å². The van der Waals surface area contributed by atoms with Crippen LogP contribution < -0.4 is 5.32 Å². The van der Waals surface area contributed by atoms with E-state index in [1.165, 1.54) is 5.56 Å². The first-order valence-corrected chi connectivity index (χ1v) is 5.76. The van der Waals surface area contributed by atoms with Crippen LogP contribution in [-0.2, 0) is 4.74 Å². The maximum atomic E-state index is 5.64. The Balaban J connectivity index is 2.24. The third kappa shape index (κ3) is 5.24. The number of nitrogens with one attached hydrogen (secondary N) is 1. The van der Waals surface area contributed by atoms with Crippen LogP contribution in [0.4, 0.5) is 0 Å². The number of rotatable bonds is 5. The molecule has 0 saturated heterocycles. The highest BCUT2D eigenvalue weighted by molar-refractivity contribution is 5.13. The van der Waals surface area contributed by atoms with Crippen molar-refractivity contribution in [2.45, 2.75) is 39.3 Å². The second kappa shape index (κ2) is 5.97. The van der Waals surface area contributed by atoms with Crippen molar-refractivity contribution in [2.24, 2.45) is 0 Å². The topological polar surface area (TPSA) is 34.1 Å². The molecule has 0 aromatic carbocycles. The van der Waals surface area contributed by atoms with E-state index < -0.39 is 0 Å². The second-order valence-corrected chi connectivity index (χ2v) is 4.92. The van der Waals surface area contributed by atoms with Crippen LogP contribution in [0.15, 0.2) is 24.5 Å². The van der Waals surface area contributed by atoms with Crippen LogP contribution in [0.3, 0.4) is 0 Å². The molecular weight excluding hydrogens is 200 g/mol. The van der Waals surface area contributed by atoms with E-state index in [1.54, 1.807) is 0 Å². The van der Waals surface area contributed by atoms with Crippen LogP contribution in [-0.4, -0.2) is 23.7 Å². The predicted octanol–water partition coefficient (Wildman–Crippen LogP) is 2.55. The molecule has 0 aliphatic carbocycles. The monoisotopic (exact) mass is 222 g/mol. The number of hydrogen-bond donors (Lipinski definition) is 1. The SMILES string of the molecule is C[C@@H](NCCOC(C)(C)C)c1ccncc1.